The zero-order valence-corrected chi connectivity index (χ0v) is 18.2. The Morgan fingerprint density at radius 1 is 1.12 bits per heavy atom. The molecule has 170 valence electrons. The summed E-state index contributed by atoms with van der Waals surface area (Å²) in [5.74, 6) is 0.695. The lowest BCUT2D eigenvalue weighted by Gasteiger charge is -2.33. The Kier molecular flexibility index (Phi) is 7.41. The van der Waals surface area contributed by atoms with Crippen molar-refractivity contribution in [2.24, 2.45) is 4.99 Å². The minimum absolute atomic E-state index is 0.0841. The number of allylic oxidation sites excluding steroid dienone is 2. The van der Waals surface area contributed by atoms with E-state index in [1.807, 2.05) is 22.9 Å². The summed E-state index contributed by atoms with van der Waals surface area (Å²) in [4.78, 5) is 30.1. The molecule has 32 heavy (non-hydrogen) atoms. The highest BCUT2D eigenvalue weighted by atomic mass is 16.3. The van der Waals surface area contributed by atoms with Crippen molar-refractivity contribution < 1.29 is 15.0 Å². The summed E-state index contributed by atoms with van der Waals surface area (Å²) in [6.45, 7) is 6.16. The number of nitrogens with zero attached hydrogens (tertiary/aromatic N) is 6. The summed E-state index contributed by atoms with van der Waals surface area (Å²) in [5.41, 5.74) is 1.27. The molecule has 0 bridgehead atoms. The van der Waals surface area contributed by atoms with E-state index >= 15 is 0 Å². The van der Waals surface area contributed by atoms with Gasteiger partial charge in [-0.2, -0.15) is 0 Å². The molecule has 2 aliphatic rings. The summed E-state index contributed by atoms with van der Waals surface area (Å²) in [7, 11) is 0. The molecule has 2 N–H and O–H groups in total. The van der Waals surface area contributed by atoms with Gasteiger partial charge in [0.1, 0.15) is 17.9 Å². The molecule has 1 aliphatic heterocycles. The zero-order valence-electron chi connectivity index (χ0n) is 18.2. The van der Waals surface area contributed by atoms with Crippen LogP contribution in [0, 0.1) is 0 Å². The van der Waals surface area contributed by atoms with Gasteiger partial charge >= 0.3 is 0 Å². The van der Waals surface area contributed by atoms with Crippen molar-refractivity contribution >= 4 is 12.0 Å². The number of rotatable bonds is 8. The average molecular weight is 439 g/mol. The van der Waals surface area contributed by atoms with Gasteiger partial charge in [0.2, 0.25) is 0 Å². The van der Waals surface area contributed by atoms with Gasteiger partial charge in [-0.25, -0.2) is 9.97 Å². The van der Waals surface area contributed by atoms with E-state index in [4.69, 9.17) is 5.11 Å². The largest absolute Gasteiger partial charge is 0.511 e. The first-order valence-corrected chi connectivity index (χ1v) is 11.1. The van der Waals surface area contributed by atoms with Crippen molar-refractivity contribution in [1.82, 2.24) is 24.3 Å². The first-order valence-electron chi connectivity index (χ1n) is 11.1. The van der Waals surface area contributed by atoms with Gasteiger partial charge in [0.15, 0.2) is 5.78 Å². The Labute approximate surface area is 187 Å². The Hall–Kier alpha value is -2.88. The van der Waals surface area contributed by atoms with Gasteiger partial charge in [-0.05, 0) is 17.5 Å². The van der Waals surface area contributed by atoms with Crippen LogP contribution in [0.3, 0.4) is 0 Å². The standard InChI is InChI=1S/C23H30N6O3/c30-12-11-28-9-7-27(8-10-28)5-3-24-16-20-21(31)13-19(14-22(20)32)18-1-2-23(26-15-18)29-6-4-25-17-29/h1-2,4,6,15-17,19,30-31H,3,5,7-14H2. The van der Waals surface area contributed by atoms with Crippen LogP contribution in [0.15, 0.2) is 53.4 Å². The van der Waals surface area contributed by atoms with Crippen LogP contribution in [0.4, 0.5) is 0 Å². The lowest BCUT2D eigenvalue weighted by Crippen LogP contribution is -2.47. The Morgan fingerprint density at radius 3 is 2.53 bits per heavy atom. The monoisotopic (exact) mass is 438 g/mol. The molecular weight excluding hydrogens is 408 g/mol. The highest BCUT2D eigenvalue weighted by molar-refractivity contribution is 6.14. The normalized spacial score (nSPS) is 21.0. The van der Waals surface area contributed by atoms with Gasteiger partial charge in [-0.3, -0.25) is 24.2 Å². The van der Waals surface area contributed by atoms with Crippen LogP contribution < -0.4 is 0 Å². The average Bonchev–Trinajstić information content (AvgIpc) is 3.34. The van der Waals surface area contributed by atoms with Crippen LogP contribution in [0.25, 0.3) is 5.82 Å². The number of aliphatic imine (C=N–C) groups is 1. The molecular formula is C23H30N6O3. The van der Waals surface area contributed by atoms with Crippen LogP contribution in [-0.2, 0) is 4.79 Å². The molecule has 1 aliphatic carbocycles. The maximum absolute atomic E-state index is 12.7. The van der Waals surface area contributed by atoms with E-state index in [2.05, 4.69) is 24.8 Å². The number of β-amino-alcohol motifs (C(OH)–C–C–N with tert-alkyl or cyclic N) is 1. The maximum Gasteiger partial charge on any atom is 0.168 e. The third-order valence-electron chi connectivity index (χ3n) is 6.14. The fourth-order valence-electron chi connectivity index (χ4n) is 4.21. The molecule has 9 nitrogen and oxygen atoms in total. The van der Waals surface area contributed by atoms with Gasteiger partial charge in [-0.1, -0.05) is 6.07 Å². The number of aliphatic hydroxyl groups is 2. The number of imidazole rings is 1. The Morgan fingerprint density at radius 2 is 1.91 bits per heavy atom. The topological polar surface area (TPSA) is 107 Å². The first-order chi connectivity index (χ1) is 15.6. The summed E-state index contributed by atoms with van der Waals surface area (Å²) in [6.07, 6.45) is 9.25. The fraction of sp³-hybridized carbons (Fsp3) is 0.478. The molecule has 2 aromatic rings. The zero-order chi connectivity index (χ0) is 22.3. The third kappa shape index (κ3) is 5.48. The number of hydrogen-bond donors (Lipinski definition) is 2. The Bertz CT molecular complexity index is 947. The second-order valence-corrected chi connectivity index (χ2v) is 8.25. The quantitative estimate of drug-likeness (QED) is 0.597. The van der Waals surface area contributed by atoms with Crippen LogP contribution >= 0.6 is 0 Å². The molecule has 0 amide bonds. The van der Waals surface area contributed by atoms with Gasteiger partial charge in [0.25, 0.3) is 0 Å². The lowest BCUT2D eigenvalue weighted by atomic mass is 9.83. The van der Waals surface area contributed by atoms with E-state index in [9.17, 15) is 9.90 Å². The molecule has 9 heteroatoms. The minimum atomic E-state index is -0.0844. The number of carbonyl (C=O) groups excluding carboxylic acids is 1. The maximum atomic E-state index is 12.7. The summed E-state index contributed by atoms with van der Waals surface area (Å²) in [5, 5.41) is 19.5. The van der Waals surface area contributed by atoms with E-state index in [-0.39, 0.29) is 24.1 Å². The van der Waals surface area contributed by atoms with Gasteiger partial charge in [-0.15, -0.1) is 0 Å². The van der Waals surface area contributed by atoms with E-state index in [1.54, 1.807) is 18.7 Å². The number of Topliss-reactive ketones (excluding diaryl/α,β-unsaturated/α-hetero) is 1. The molecule has 1 fully saturated rings. The lowest BCUT2D eigenvalue weighted by molar-refractivity contribution is -0.116. The number of piperazine rings is 1. The molecule has 2 aromatic heterocycles. The smallest absolute Gasteiger partial charge is 0.168 e. The summed E-state index contributed by atoms with van der Waals surface area (Å²) in [6, 6.07) is 3.84. The van der Waals surface area contributed by atoms with E-state index in [0.717, 1.165) is 50.6 Å². The van der Waals surface area contributed by atoms with Crippen molar-refractivity contribution in [2.45, 2.75) is 18.8 Å². The minimum Gasteiger partial charge on any atom is -0.511 e. The second kappa shape index (κ2) is 10.6. The van der Waals surface area contributed by atoms with Crippen molar-refractivity contribution in [2.75, 3.05) is 52.4 Å². The van der Waals surface area contributed by atoms with Crippen molar-refractivity contribution in [3.63, 3.8) is 0 Å². The van der Waals surface area contributed by atoms with E-state index in [0.29, 0.717) is 25.0 Å². The molecule has 4 rings (SSSR count). The molecule has 1 atom stereocenters. The SMILES string of the molecule is O=C1CC(c2ccc(-n3ccnc3)nc2)CC(O)=C1C=NCCN1CCN(CCO)CC1. The van der Waals surface area contributed by atoms with Crippen molar-refractivity contribution in [3.8, 4) is 5.82 Å². The summed E-state index contributed by atoms with van der Waals surface area (Å²) >= 11 is 0. The van der Waals surface area contributed by atoms with Crippen LogP contribution in [0.2, 0.25) is 0 Å². The van der Waals surface area contributed by atoms with E-state index in [1.165, 1.54) is 6.21 Å². The van der Waals surface area contributed by atoms with Crippen LogP contribution in [0.5, 0.6) is 0 Å². The molecule has 1 unspecified atom stereocenters. The van der Waals surface area contributed by atoms with E-state index < -0.39 is 0 Å². The first kappa shape index (κ1) is 22.3. The predicted octanol–water partition coefficient (Wildman–Crippen LogP) is 1.21. The molecule has 0 radical (unpaired) electrons. The van der Waals surface area contributed by atoms with Gasteiger partial charge in [0, 0.05) is 76.9 Å². The highest BCUT2D eigenvalue weighted by Gasteiger charge is 2.28. The number of ketones is 1. The van der Waals surface area contributed by atoms with Gasteiger partial charge in [0.05, 0.1) is 18.7 Å². The Balaban J connectivity index is 1.29. The number of pyridine rings is 1. The molecule has 0 spiro atoms. The summed E-state index contributed by atoms with van der Waals surface area (Å²) < 4.78 is 1.82. The van der Waals surface area contributed by atoms with Gasteiger partial charge < -0.3 is 10.2 Å². The van der Waals surface area contributed by atoms with Crippen LogP contribution in [-0.4, -0.2) is 99.0 Å². The fourth-order valence-corrected chi connectivity index (χ4v) is 4.21. The molecule has 0 aromatic carbocycles. The third-order valence-corrected chi connectivity index (χ3v) is 6.14. The number of carbonyl (C=O) groups is 1. The van der Waals surface area contributed by atoms with Crippen molar-refractivity contribution in [3.05, 3.63) is 53.9 Å². The number of aromatic nitrogens is 3. The molecule has 1 saturated heterocycles. The predicted molar refractivity (Wildman–Crippen MR) is 121 cm³/mol. The second-order valence-electron chi connectivity index (χ2n) is 8.25. The van der Waals surface area contributed by atoms with Crippen LogP contribution in [0.1, 0.15) is 24.3 Å². The molecule has 3 heterocycles. The number of hydrogen-bond acceptors (Lipinski definition) is 8. The van der Waals surface area contributed by atoms with Crippen molar-refractivity contribution in [1.29, 1.82) is 0 Å². The number of aliphatic hydroxyl groups excluding tert-OH is 2. The highest BCUT2D eigenvalue weighted by Crippen LogP contribution is 2.33. The molecule has 0 saturated carbocycles.